The highest BCUT2D eigenvalue weighted by molar-refractivity contribution is 8.38. The van der Waals surface area contributed by atoms with Gasteiger partial charge in [-0.3, -0.25) is 9.79 Å². The number of nitrogens with one attached hydrogen (secondary N) is 1. The van der Waals surface area contributed by atoms with Crippen molar-refractivity contribution in [2.45, 2.75) is 26.0 Å². The van der Waals surface area contributed by atoms with Gasteiger partial charge in [-0.1, -0.05) is 66.8 Å². The van der Waals surface area contributed by atoms with E-state index in [1.165, 1.54) is 0 Å². The van der Waals surface area contributed by atoms with Crippen LogP contribution in [0.1, 0.15) is 34.0 Å². The Morgan fingerprint density at radius 1 is 1.17 bits per heavy atom. The standard InChI is InChI=1S/C22H24N2O3S2/c1-3-16-9-6-7-15(2)20(16)24-19(25)13-27-21(26)18-10-5-4-8-17(18)14-29-22-23-11-12-28-22/h4-10H,3,11-14H2,1-2H3,(H,24,25). The number of ether oxygens (including phenoxy) is 1. The molecule has 0 aromatic heterocycles. The third-order valence-corrected chi connectivity index (χ3v) is 6.79. The molecule has 0 bridgehead atoms. The molecule has 0 unspecified atom stereocenters. The van der Waals surface area contributed by atoms with E-state index in [4.69, 9.17) is 4.74 Å². The van der Waals surface area contributed by atoms with Gasteiger partial charge in [-0.15, -0.1) is 0 Å². The molecule has 3 rings (SSSR count). The van der Waals surface area contributed by atoms with Crippen molar-refractivity contribution in [1.82, 2.24) is 0 Å². The zero-order chi connectivity index (χ0) is 20.6. The van der Waals surface area contributed by atoms with Crippen LogP contribution < -0.4 is 5.32 Å². The molecule has 1 aliphatic rings. The van der Waals surface area contributed by atoms with E-state index >= 15 is 0 Å². The number of carbonyl (C=O) groups excluding carboxylic acids is 2. The van der Waals surface area contributed by atoms with Crippen LogP contribution in [0.15, 0.2) is 47.5 Å². The van der Waals surface area contributed by atoms with Gasteiger partial charge < -0.3 is 10.1 Å². The number of benzene rings is 2. The Labute approximate surface area is 179 Å². The van der Waals surface area contributed by atoms with E-state index in [-0.39, 0.29) is 12.5 Å². The number of hydrogen-bond donors (Lipinski definition) is 1. The normalized spacial score (nSPS) is 13.1. The van der Waals surface area contributed by atoms with Crippen LogP contribution in [0.4, 0.5) is 5.69 Å². The van der Waals surface area contributed by atoms with Crippen molar-refractivity contribution in [3.63, 3.8) is 0 Å². The molecule has 2 aromatic carbocycles. The van der Waals surface area contributed by atoms with Gasteiger partial charge in [-0.25, -0.2) is 4.79 Å². The highest BCUT2D eigenvalue weighted by atomic mass is 32.2. The largest absolute Gasteiger partial charge is 0.452 e. The maximum absolute atomic E-state index is 12.6. The molecular formula is C22H24N2O3S2. The van der Waals surface area contributed by atoms with Gasteiger partial charge in [0.15, 0.2) is 6.61 Å². The lowest BCUT2D eigenvalue weighted by Gasteiger charge is -2.13. The number of aryl methyl sites for hydroxylation is 2. The maximum atomic E-state index is 12.6. The van der Waals surface area contributed by atoms with Gasteiger partial charge in [0, 0.05) is 17.2 Å². The van der Waals surface area contributed by atoms with Gasteiger partial charge in [-0.05, 0) is 36.1 Å². The maximum Gasteiger partial charge on any atom is 0.338 e. The van der Waals surface area contributed by atoms with Crippen molar-refractivity contribution in [2.24, 2.45) is 4.99 Å². The molecular weight excluding hydrogens is 404 g/mol. The Bertz CT molecular complexity index is 928. The van der Waals surface area contributed by atoms with Crippen molar-refractivity contribution < 1.29 is 14.3 Å². The predicted molar refractivity (Wildman–Crippen MR) is 122 cm³/mol. The van der Waals surface area contributed by atoms with E-state index in [0.29, 0.717) is 11.3 Å². The molecule has 0 fully saturated rings. The fraction of sp³-hybridized carbons (Fsp3) is 0.318. The first-order chi connectivity index (χ1) is 14.1. The Hall–Kier alpha value is -2.25. The van der Waals surface area contributed by atoms with E-state index in [0.717, 1.165) is 45.5 Å². The number of thioether (sulfide) groups is 2. The first-order valence-corrected chi connectivity index (χ1v) is 11.5. The first-order valence-electron chi connectivity index (χ1n) is 9.52. The van der Waals surface area contributed by atoms with Gasteiger partial charge in [0.2, 0.25) is 0 Å². The summed E-state index contributed by atoms with van der Waals surface area (Å²) in [6, 6.07) is 13.2. The van der Waals surface area contributed by atoms with Gasteiger partial charge in [0.05, 0.1) is 12.1 Å². The first kappa shape index (κ1) is 21.5. The lowest BCUT2D eigenvalue weighted by atomic mass is 10.1. The van der Waals surface area contributed by atoms with Gasteiger partial charge in [0.25, 0.3) is 5.91 Å². The Balaban J connectivity index is 1.59. The number of rotatable bonds is 7. The Morgan fingerprint density at radius 2 is 1.97 bits per heavy atom. The third kappa shape index (κ3) is 5.87. The summed E-state index contributed by atoms with van der Waals surface area (Å²) in [6.07, 6.45) is 0.811. The summed E-state index contributed by atoms with van der Waals surface area (Å²) in [6.45, 7) is 4.52. The highest BCUT2D eigenvalue weighted by Gasteiger charge is 2.16. The summed E-state index contributed by atoms with van der Waals surface area (Å²) in [4.78, 5) is 29.3. The summed E-state index contributed by atoms with van der Waals surface area (Å²) in [5.74, 6) is 0.831. The molecule has 0 atom stereocenters. The van der Waals surface area contributed by atoms with Crippen molar-refractivity contribution >= 4 is 45.5 Å². The minimum atomic E-state index is -0.488. The summed E-state index contributed by atoms with van der Waals surface area (Å²) >= 11 is 3.37. The third-order valence-electron chi connectivity index (χ3n) is 4.48. The van der Waals surface area contributed by atoms with Crippen LogP contribution in [0.25, 0.3) is 0 Å². The molecule has 5 nitrogen and oxygen atoms in total. The summed E-state index contributed by atoms with van der Waals surface area (Å²) < 4.78 is 6.35. The van der Waals surface area contributed by atoms with Crippen molar-refractivity contribution in [3.8, 4) is 0 Å². The van der Waals surface area contributed by atoms with Crippen LogP contribution >= 0.6 is 23.5 Å². The SMILES string of the molecule is CCc1cccc(C)c1NC(=O)COC(=O)c1ccccc1CSC1=NCCS1. The number of amides is 1. The molecule has 0 saturated carbocycles. The van der Waals surface area contributed by atoms with Gasteiger partial charge in [0.1, 0.15) is 4.38 Å². The molecule has 7 heteroatoms. The van der Waals surface area contributed by atoms with E-state index < -0.39 is 5.97 Å². The molecule has 0 spiro atoms. The highest BCUT2D eigenvalue weighted by Crippen LogP contribution is 2.27. The topological polar surface area (TPSA) is 67.8 Å². The number of nitrogens with zero attached hydrogens (tertiary/aromatic N) is 1. The van der Waals surface area contributed by atoms with Crippen LogP contribution in [-0.4, -0.2) is 35.2 Å². The number of esters is 1. The lowest BCUT2D eigenvalue weighted by molar-refractivity contribution is -0.119. The zero-order valence-electron chi connectivity index (χ0n) is 16.6. The summed E-state index contributed by atoms with van der Waals surface area (Å²) in [7, 11) is 0. The predicted octanol–water partition coefficient (Wildman–Crippen LogP) is 4.69. The average Bonchev–Trinajstić information content (AvgIpc) is 3.26. The molecule has 1 heterocycles. The van der Waals surface area contributed by atoms with Crippen LogP contribution in [0.2, 0.25) is 0 Å². The number of carbonyl (C=O) groups is 2. The second-order valence-corrected chi connectivity index (χ2v) is 8.83. The van der Waals surface area contributed by atoms with E-state index in [2.05, 4.69) is 10.3 Å². The minimum Gasteiger partial charge on any atom is -0.452 e. The fourth-order valence-electron chi connectivity index (χ4n) is 2.97. The van der Waals surface area contributed by atoms with E-state index in [1.54, 1.807) is 35.7 Å². The summed E-state index contributed by atoms with van der Waals surface area (Å²) in [5, 5.41) is 2.87. The number of aliphatic imine (C=N–C) groups is 1. The second-order valence-electron chi connectivity index (χ2n) is 6.53. The fourth-order valence-corrected chi connectivity index (χ4v) is 4.99. The van der Waals surface area contributed by atoms with Gasteiger partial charge in [-0.2, -0.15) is 0 Å². The lowest BCUT2D eigenvalue weighted by Crippen LogP contribution is -2.22. The Kier molecular flexibility index (Phi) is 7.77. The van der Waals surface area contributed by atoms with Crippen LogP contribution in [0.5, 0.6) is 0 Å². The molecule has 152 valence electrons. The Morgan fingerprint density at radius 3 is 2.72 bits per heavy atom. The molecule has 0 aliphatic carbocycles. The number of para-hydroxylation sites is 1. The molecule has 0 radical (unpaired) electrons. The molecule has 29 heavy (non-hydrogen) atoms. The minimum absolute atomic E-state index is 0.319. The van der Waals surface area contributed by atoms with Crippen LogP contribution in [0, 0.1) is 6.92 Å². The van der Waals surface area contributed by atoms with Crippen LogP contribution in [0.3, 0.4) is 0 Å². The molecule has 0 saturated heterocycles. The molecule has 1 amide bonds. The monoisotopic (exact) mass is 428 g/mol. The number of hydrogen-bond acceptors (Lipinski definition) is 6. The smallest absolute Gasteiger partial charge is 0.338 e. The molecule has 2 aromatic rings. The van der Waals surface area contributed by atoms with E-state index in [9.17, 15) is 9.59 Å². The average molecular weight is 429 g/mol. The zero-order valence-corrected chi connectivity index (χ0v) is 18.2. The second kappa shape index (κ2) is 10.5. The van der Waals surface area contributed by atoms with Crippen molar-refractivity contribution in [2.75, 3.05) is 24.2 Å². The summed E-state index contributed by atoms with van der Waals surface area (Å²) in [5.41, 5.74) is 4.20. The molecule has 1 N–H and O–H groups in total. The van der Waals surface area contributed by atoms with Crippen molar-refractivity contribution in [1.29, 1.82) is 0 Å². The van der Waals surface area contributed by atoms with Gasteiger partial charge >= 0.3 is 5.97 Å². The molecule has 1 aliphatic heterocycles. The van der Waals surface area contributed by atoms with Crippen LogP contribution in [-0.2, 0) is 21.7 Å². The number of anilines is 1. The van der Waals surface area contributed by atoms with E-state index in [1.807, 2.05) is 44.2 Å². The van der Waals surface area contributed by atoms with Crippen molar-refractivity contribution in [3.05, 3.63) is 64.7 Å². The quantitative estimate of drug-likeness (QED) is 0.648.